The van der Waals surface area contributed by atoms with Gasteiger partial charge in [0.1, 0.15) is 5.02 Å². The van der Waals surface area contributed by atoms with Gasteiger partial charge in [-0.3, -0.25) is 4.79 Å². The van der Waals surface area contributed by atoms with Crippen molar-refractivity contribution in [1.29, 1.82) is 0 Å². The highest BCUT2D eigenvalue weighted by atomic mass is 35.5. The van der Waals surface area contributed by atoms with Gasteiger partial charge in [0.05, 0.1) is 30.4 Å². The largest absolute Gasteiger partial charge is 0.492 e. The Labute approximate surface area is 110 Å². The summed E-state index contributed by atoms with van der Waals surface area (Å²) in [5, 5.41) is -1.27. The molecule has 0 amide bonds. The molecular formula is C10H7Cl2F3O3. The lowest BCUT2D eigenvalue weighted by molar-refractivity contribution is -0.137. The second-order valence-electron chi connectivity index (χ2n) is 3.10. The maximum Gasteiger partial charge on any atom is 0.418 e. The average Bonchev–Trinajstić information content (AvgIpc) is 2.29. The monoisotopic (exact) mass is 302 g/mol. The first kappa shape index (κ1) is 14.9. The van der Waals surface area contributed by atoms with Crippen molar-refractivity contribution in [2.45, 2.75) is 6.18 Å². The molecule has 0 spiro atoms. The summed E-state index contributed by atoms with van der Waals surface area (Å²) in [5.41, 5.74) is -2.10. The van der Waals surface area contributed by atoms with Gasteiger partial charge >= 0.3 is 6.18 Å². The molecule has 1 aromatic rings. The minimum atomic E-state index is -4.84. The van der Waals surface area contributed by atoms with E-state index in [9.17, 15) is 18.0 Å². The van der Waals surface area contributed by atoms with Crippen molar-refractivity contribution in [3.8, 4) is 11.5 Å². The molecule has 100 valence electrons. The van der Waals surface area contributed by atoms with Crippen LogP contribution in [0, 0.1) is 0 Å². The predicted molar refractivity (Wildman–Crippen MR) is 60.0 cm³/mol. The number of alkyl halides is 3. The van der Waals surface area contributed by atoms with E-state index >= 15 is 0 Å². The fourth-order valence-electron chi connectivity index (χ4n) is 1.44. The Hall–Kier alpha value is -1.14. The van der Waals surface area contributed by atoms with Gasteiger partial charge < -0.3 is 9.47 Å². The van der Waals surface area contributed by atoms with Gasteiger partial charge in [-0.15, -0.1) is 0 Å². The van der Waals surface area contributed by atoms with Crippen LogP contribution in [0.25, 0.3) is 0 Å². The second kappa shape index (κ2) is 5.24. The molecule has 1 aromatic carbocycles. The van der Waals surface area contributed by atoms with Gasteiger partial charge in [-0.2, -0.15) is 13.2 Å². The Balaban J connectivity index is 3.84. The van der Waals surface area contributed by atoms with Crippen molar-refractivity contribution in [1.82, 2.24) is 0 Å². The standard InChI is InChI=1S/C10H7Cl2F3O3/c1-17-8-4(3-16)5(10(13,14)15)6(11)7(12)9(8)18-2/h3H,1-2H3. The van der Waals surface area contributed by atoms with Gasteiger partial charge in [0.2, 0.25) is 0 Å². The van der Waals surface area contributed by atoms with E-state index in [2.05, 4.69) is 0 Å². The zero-order valence-electron chi connectivity index (χ0n) is 9.19. The lowest BCUT2D eigenvalue weighted by atomic mass is 10.1. The first-order valence-corrected chi connectivity index (χ1v) is 5.20. The molecule has 0 aromatic heterocycles. The summed E-state index contributed by atoms with van der Waals surface area (Å²) < 4.78 is 48.0. The minimum absolute atomic E-state index is 0.00755. The summed E-state index contributed by atoms with van der Waals surface area (Å²) in [6, 6.07) is 0. The van der Waals surface area contributed by atoms with E-state index in [-0.39, 0.29) is 12.0 Å². The highest BCUT2D eigenvalue weighted by molar-refractivity contribution is 6.44. The smallest absolute Gasteiger partial charge is 0.418 e. The number of benzene rings is 1. The zero-order chi connectivity index (χ0) is 14.1. The molecule has 3 nitrogen and oxygen atoms in total. The summed E-state index contributed by atoms with van der Waals surface area (Å²) in [5.74, 6) is -0.631. The summed E-state index contributed by atoms with van der Waals surface area (Å²) >= 11 is 11.2. The first-order valence-electron chi connectivity index (χ1n) is 4.44. The third-order valence-electron chi connectivity index (χ3n) is 2.14. The molecule has 0 N–H and O–H groups in total. The van der Waals surface area contributed by atoms with Crippen LogP contribution in [-0.4, -0.2) is 20.5 Å². The topological polar surface area (TPSA) is 35.5 Å². The quantitative estimate of drug-likeness (QED) is 0.796. The molecule has 0 saturated carbocycles. The molecule has 0 unspecified atom stereocenters. The summed E-state index contributed by atoms with van der Waals surface area (Å²) in [6.45, 7) is 0. The molecule has 18 heavy (non-hydrogen) atoms. The molecule has 0 saturated heterocycles. The van der Waals surface area contributed by atoms with Gasteiger partial charge in [-0.05, 0) is 0 Å². The Kier molecular flexibility index (Phi) is 4.34. The number of rotatable bonds is 3. The van der Waals surface area contributed by atoms with Gasteiger partial charge in [-0.25, -0.2) is 0 Å². The fraction of sp³-hybridized carbons (Fsp3) is 0.300. The molecule has 8 heteroatoms. The molecule has 0 bridgehead atoms. The van der Waals surface area contributed by atoms with Crippen LogP contribution in [-0.2, 0) is 6.18 Å². The van der Waals surface area contributed by atoms with E-state index in [4.69, 9.17) is 32.7 Å². The highest BCUT2D eigenvalue weighted by Crippen LogP contribution is 2.49. The third kappa shape index (κ3) is 2.35. The van der Waals surface area contributed by atoms with Gasteiger partial charge in [0.15, 0.2) is 17.8 Å². The van der Waals surface area contributed by atoms with E-state index in [1.165, 1.54) is 7.11 Å². The number of carbonyl (C=O) groups is 1. The van der Waals surface area contributed by atoms with Crippen molar-refractivity contribution in [3.05, 3.63) is 21.2 Å². The van der Waals surface area contributed by atoms with Crippen LogP contribution < -0.4 is 9.47 Å². The maximum atomic E-state index is 12.8. The minimum Gasteiger partial charge on any atom is -0.492 e. The molecule has 0 fully saturated rings. The number of hydrogen-bond acceptors (Lipinski definition) is 3. The predicted octanol–water partition coefficient (Wildman–Crippen LogP) is 3.84. The second-order valence-corrected chi connectivity index (χ2v) is 3.85. The molecule has 0 aliphatic rings. The van der Waals surface area contributed by atoms with E-state index < -0.39 is 33.1 Å². The van der Waals surface area contributed by atoms with E-state index in [1.807, 2.05) is 0 Å². The third-order valence-corrected chi connectivity index (χ3v) is 2.98. The average molecular weight is 303 g/mol. The molecule has 0 heterocycles. The number of aldehydes is 1. The number of carbonyl (C=O) groups excluding carboxylic acids is 1. The lowest BCUT2D eigenvalue weighted by Gasteiger charge is -2.18. The van der Waals surface area contributed by atoms with E-state index in [1.54, 1.807) is 0 Å². The van der Waals surface area contributed by atoms with E-state index in [0.29, 0.717) is 0 Å². The Morgan fingerprint density at radius 1 is 1.06 bits per heavy atom. The molecule has 1 rings (SSSR count). The van der Waals surface area contributed by atoms with Crippen LogP contribution in [0.15, 0.2) is 0 Å². The van der Waals surface area contributed by atoms with E-state index in [0.717, 1.165) is 7.11 Å². The fourth-order valence-corrected chi connectivity index (χ4v) is 1.99. The van der Waals surface area contributed by atoms with Crippen molar-refractivity contribution in [3.63, 3.8) is 0 Å². The van der Waals surface area contributed by atoms with Gasteiger partial charge in [-0.1, -0.05) is 23.2 Å². The summed E-state index contributed by atoms with van der Waals surface area (Å²) in [6.07, 6.45) is -4.84. The number of methoxy groups -OCH3 is 2. The zero-order valence-corrected chi connectivity index (χ0v) is 10.7. The molecule has 0 aliphatic heterocycles. The summed E-state index contributed by atoms with van der Waals surface area (Å²) in [4.78, 5) is 10.8. The SMILES string of the molecule is COc1c(Cl)c(Cl)c(C(F)(F)F)c(C=O)c1OC. The van der Waals surface area contributed by atoms with Crippen LogP contribution in [0.3, 0.4) is 0 Å². The van der Waals surface area contributed by atoms with Gasteiger partial charge in [0.25, 0.3) is 0 Å². The van der Waals surface area contributed by atoms with Crippen LogP contribution in [0.1, 0.15) is 15.9 Å². The Morgan fingerprint density at radius 2 is 1.56 bits per heavy atom. The van der Waals surface area contributed by atoms with Crippen LogP contribution >= 0.6 is 23.2 Å². The maximum absolute atomic E-state index is 12.8. The van der Waals surface area contributed by atoms with Crippen LogP contribution in [0.4, 0.5) is 13.2 Å². The number of halogens is 5. The van der Waals surface area contributed by atoms with Crippen LogP contribution in [0.5, 0.6) is 11.5 Å². The van der Waals surface area contributed by atoms with Gasteiger partial charge in [0, 0.05) is 0 Å². The lowest BCUT2D eigenvalue weighted by Crippen LogP contribution is -2.12. The number of hydrogen-bond donors (Lipinski definition) is 0. The molecule has 0 atom stereocenters. The molecule has 0 radical (unpaired) electrons. The number of ether oxygens (including phenoxy) is 2. The van der Waals surface area contributed by atoms with Crippen molar-refractivity contribution < 1.29 is 27.4 Å². The van der Waals surface area contributed by atoms with Crippen molar-refractivity contribution >= 4 is 29.5 Å². The Bertz CT molecular complexity index is 486. The summed E-state index contributed by atoms with van der Waals surface area (Å²) in [7, 11) is 2.26. The molecule has 0 aliphatic carbocycles. The van der Waals surface area contributed by atoms with Crippen molar-refractivity contribution in [2.75, 3.05) is 14.2 Å². The normalized spacial score (nSPS) is 11.3. The Morgan fingerprint density at radius 3 is 1.89 bits per heavy atom. The molecular weight excluding hydrogens is 296 g/mol. The highest BCUT2D eigenvalue weighted by Gasteiger charge is 2.40. The first-order chi connectivity index (χ1) is 8.29. The van der Waals surface area contributed by atoms with Crippen molar-refractivity contribution in [2.24, 2.45) is 0 Å². The van der Waals surface area contributed by atoms with Crippen LogP contribution in [0.2, 0.25) is 10.0 Å².